The molecule has 3 amide bonds. The lowest BCUT2D eigenvalue weighted by Gasteiger charge is -2.21. The fourth-order valence-electron chi connectivity index (χ4n) is 2.54. The molecule has 0 unspecified atom stereocenters. The Balaban J connectivity index is 2.07. The first-order chi connectivity index (χ1) is 14.8. The highest BCUT2D eigenvalue weighted by atomic mass is 19.4. The van der Waals surface area contributed by atoms with Crippen LogP contribution >= 0.6 is 0 Å². The Morgan fingerprint density at radius 1 is 0.906 bits per heavy atom. The summed E-state index contributed by atoms with van der Waals surface area (Å²) < 4.78 is 44.4. The number of benzene rings is 2. The number of nitrogens with one attached hydrogen (secondary N) is 3. The highest BCUT2D eigenvalue weighted by Crippen LogP contribution is 2.34. The van der Waals surface area contributed by atoms with Crippen LogP contribution in [-0.4, -0.2) is 30.1 Å². The van der Waals surface area contributed by atoms with Gasteiger partial charge < -0.3 is 15.4 Å². The first-order valence-electron chi connectivity index (χ1n) is 9.69. The highest BCUT2D eigenvalue weighted by Gasteiger charge is 2.31. The maximum Gasteiger partial charge on any atom is 0.416 e. The maximum atomic E-state index is 13.1. The molecule has 10 heteroatoms. The van der Waals surface area contributed by atoms with Crippen molar-refractivity contribution in [3.8, 4) is 0 Å². The molecule has 2 aromatic carbocycles. The molecule has 0 atom stereocenters. The molecule has 0 heterocycles. The lowest BCUT2D eigenvalue weighted by atomic mass is 10.1. The molecular weight excluding hydrogens is 427 g/mol. The zero-order valence-electron chi connectivity index (χ0n) is 17.8. The topological polar surface area (TPSA) is 96.5 Å². The minimum atomic E-state index is -4.65. The number of carbonyl (C=O) groups is 3. The molecule has 0 aliphatic heterocycles. The summed E-state index contributed by atoms with van der Waals surface area (Å²) in [6.45, 7) is 4.86. The van der Waals surface area contributed by atoms with Gasteiger partial charge in [0.1, 0.15) is 5.60 Å². The molecule has 0 bridgehead atoms. The third kappa shape index (κ3) is 7.93. The molecule has 2 rings (SSSR count). The minimum Gasteiger partial charge on any atom is -0.444 e. The van der Waals surface area contributed by atoms with E-state index in [1.54, 1.807) is 51.1 Å². The van der Waals surface area contributed by atoms with Crippen molar-refractivity contribution in [2.24, 2.45) is 0 Å². The van der Waals surface area contributed by atoms with Crippen LogP contribution in [0.15, 0.2) is 48.5 Å². The molecule has 0 fully saturated rings. The van der Waals surface area contributed by atoms with Gasteiger partial charge in [0.25, 0.3) is 5.91 Å². The molecule has 0 spiro atoms. The summed E-state index contributed by atoms with van der Waals surface area (Å²) in [6, 6.07) is 10.9. The first kappa shape index (κ1) is 24.7. The second kappa shape index (κ2) is 10.2. The van der Waals surface area contributed by atoms with Gasteiger partial charge in [-0.15, -0.1) is 0 Å². The summed E-state index contributed by atoms with van der Waals surface area (Å²) in [6.07, 6.45) is -5.73. The monoisotopic (exact) mass is 451 g/mol. The number of hydrogen-bond acceptors (Lipinski definition) is 4. The van der Waals surface area contributed by atoms with E-state index in [0.29, 0.717) is 11.6 Å². The summed E-state index contributed by atoms with van der Waals surface area (Å²) in [5.74, 6) is -1.03. The van der Waals surface area contributed by atoms with Gasteiger partial charge in [0.15, 0.2) is 0 Å². The second-order valence-electron chi connectivity index (χ2n) is 7.81. The number of alkyl halides is 3. The molecule has 7 nitrogen and oxygen atoms in total. The summed E-state index contributed by atoms with van der Waals surface area (Å²) in [5, 5.41) is 7.23. The van der Waals surface area contributed by atoms with Crippen LogP contribution in [0.2, 0.25) is 0 Å². The lowest BCUT2D eigenvalue weighted by Crippen LogP contribution is -2.29. The third-order valence-corrected chi connectivity index (χ3v) is 3.93. The standard InChI is InChI=1S/C22H24F3N3O4/c1-21(2,3)32-20(31)28-16-10-9-15(22(23,24)25)13-17(16)27-18(29)11-12-26-19(30)14-7-5-4-6-8-14/h4-10,13H,11-12H2,1-3H3,(H,26,30)(H,27,29)(H,28,31). The van der Waals surface area contributed by atoms with Crippen molar-refractivity contribution in [1.82, 2.24) is 5.32 Å². The zero-order chi connectivity index (χ0) is 23.9. The number of anilines is 2. The SMILES string of the molecule is CC(C)(C)OC(=O)Nc1ccc(C(F)(F)F)cc1NC(=O)CCNC(=O)c1ccccc1. The van der Waals surface area contributed by atoms with Gasteiger partial charge in [0.05, 0.1) is 16.9 Å². The fraction of sp³-hybridized carbons (Fsp3) is 0.318. The van der Waals surface area contributed by atoms with Crippen LogP contribution in [-0.2, 0) is 15.7 Å². The van der Waals surface area contributed by atoms with Gasteiger partial charge >= 0.3 is 12.3 Å². The molecule has 0 saturated carbocycles. The quantitative estimate of drug-likeness (QED) is 0.587. The van der Waals surface area contributed by atoms with Gasteiger partial charge in [-0.1, -0.05) is 18.2 Å². The number of carbonyl (C=O) groups excluding carboxylic acids is 3. The molecule has 0 aliphatic rings. The number of halogens is 3. The summed E-state index contributed by atoms with van der Waals surface area (Å²) in [5.41, 5.74) is -1.72. The van der Waals surface area contributed by atoms with E-state index in [4.69, 9.17) is 4.74 Å². The molecule has 2 aromatic rings. The first-order valence-corrected chi connectivity index (χ1v) is 9.69. The van der Waals surface area contributed by atoms with E-state index >= 15 is 0 Å². The van der Waals surface area contributed by atoms with E-state index in [-0.39, 0.29) is 30.2 Å². The fourth-order valence-corrected chi connectivity index (χ4v) is 2.54. The van der Waals surface area contributed by atoms with Gasteiger partial charge in [-0.3, -0.25) is 14.9 Å². The Morgan fingerprint density at radius 3 is 2.16 bits per heavy atom. The second-order valence-corrected chi connectivity index (χ2v) is 7.81. The third-order valence-electron chi connectivity index (χ3n) is 3.93. The predicted molar refractivity (Wildman–Crippen MR) is 113 cm³/mol. The zero-order valence-corrected chi connectivity index (χ0v) is 17.8. The number of rotatable bonds is 6. The van der Waals surface area contributed by atoms with Gasteiger partial charge in [-0.2, -0.15) is 13.2 Å². The highest BCUT2D eigenvalue weighted by molar-refractivity contribution is 5.98. The van der Waals surface area contributed by atoms with Gasteiger partial charge in [-0.05, 0) is 51.1 Å². The normalized spacial score (nSPS) is 11.4. The summed E-state index contributed by atoms with van der Waals surface area (Å²) in [7, 11) is 0. The van der Waals surface area contributed by atoms with Gasteiger partial charge in [0.2, 0.25) is 5.91 Å². The average Bonchev–Trinajstić information content (AvgIpc) is 2.67. The van der Waals surface area contributed by atoms with Crippen LogP contribution in [0.3, 0.4) is 0 Å². The molecule has 3 N–H and O–H groups in total. The van der Waals surface area contributed by atoms with E-state index < -0.39 is 29.3 Å². The van der Waals surface area contributed by atoms with Crippen molar-refractivity contribution in [2.75, 3.05) is 17.2 Å². The van der Waals surface area contributed by atoms with E-state index in [0.717, 1.165) is 12.1 Å². The Morgan fingerprint density at radius 2 is 1.56 bits per heavy atom. The Hall–Kier alpha value is -3.56. The minimum absolute atomic E-state index is 0.0344. The number of amides is 3. The summed E-state index contributed by atoms with van der Waals surface area (Å²) >= 11 is 0. The molecule has 32 heavy (non-hydrogen) atoms. The maximum absolute atomic E-state index is 13.1. The van der Waals surface area contributed by atoms with Gasteiger partial charge in [0, 0.05) is 18.5 Å². The largest absolute Gasteiger partial charge is 0.444 e. The van der Waals surface area contributed by atoms with Crippen LogP contribution in [0.1, 0.15) is 43.1 Å². The molecular formula is C22H24F3N3O4. The van der Waals surface area contributed by atoms with E-state index in [1.807, 2.05) is 0 Å². The van der Waals surface area contributed by atoms with Crippen LogP contribution in [0, 0.1) is 0 Å². The molecule has 0 aliphatic carbocycles. The molecule has 0 saturated heterocycles. The van der Waals surface area contributed by atoms with Crippen LogP contribution in [0.25, 0.3) is 0 Å². The van der Waals surface area contributed by atoms with E-state index in [9.17, 15) is 27.6 Å². The Kier molecular flexibility index (Phi) is 7.85. The molecule has 0 aromatic heterocycles. The van der Waals surface area contributed by atoms with Crippen molar-refractivity contribution < 1.29 is 32.3 Å². The number of ether oxygens (including phenoxy) is 1. The average molecular weight is 451 g/mol. The van der Waals surface area contributed by atoms with Crippen LogP contribution in [0.5, 0.6) is 0 Å². The van der Waals surface area contributed by atoms with Crippen molar-refractivity contribution in [3.05, 3.63) is 59.7 Å². The van der Waals surface area contributed by atoms with Crippen molar-refractivity contribution in [2.45, 2.75) is 39.0 Å². The van der Waals surface area contributed by atoms with Crippen molar-refractivity contribution in [3.63, 3.8) is 0 Å². The number of hydrogen-bond donors (Lipinski definition) is 3. The van der Waals surface area contributed by atoms with E-state index in [1.165, 1.54) is 0 Å². The van der Waals surface area contributed by atoms with Gasteiger partial charge in [-0.25, -0.2) is 4.79 Å². The van der Waals surface area contributed by atoms with E-state index in [2.05, 4.69) is 16.0 Å². The van der Waals surface area contributed by atoms with Crippen molar-refractivity contribution in [1.29, 1.82) is 0 Å². The Labute approximate surface area is 183 Å². The van der Waals surface area contributed by atoms with Crippen LogP contribution in [0.4, 0.5) is 29.3 Å². The smallest absolute Gasteiger partial charge is 0.416 e. The predicted octanol–water partition coefficient (Wildman–Crippen LogP) is 4.81. The lowest BCUT2D eigenvalue weighted by molar-refractivity contribution is -0.137. The summed E-state index contributed by atoms with van der Waals surface area (Å²) in [4.78, 5) is 36.3. The Bertz CT molecular complexity index is 971. The molecule has 172 valence electrons. The molecule has 0 radical (unpaired) electrons. The van der Waals surface area contributed by atoms with Crippen LogP contribution < -0.4 is 16.0 Å². The van der Waals surface area contributed by atoms with Crippen molar-refractivity contribution >= 4 is 29.3 Å².